The molecule has 142 valence electrons. The van der Waals surface area contributed by atoms with Crippen molar-refractivity contribution >= 4 is 0 Å². The topological polar surface area (TPSA) is 66.5 Å². The predicted octanol–water partition coefficient (Wildman–Crippen LogP) is 3.54. The van der Waals surface area contributed by atoms with Gasteiger partial charge in [0, 0.05) is 6.04 Å². The van der Waals surface area contributed by atoms with Gasteiger partial charge < -0.3 is 15.9 Å². The molecule has 9 atom stereocenters. The second kappa shape index (κ2) is 5.77. The molecular formula is C21H34FNO2. The molecule has 0 aliphatic heterocycles. The molecule has 0 aromatic heterocycles. The fourth-order valence-electron chi connectivity index (χ4n) is 7.67. The Labute approximate surface area is 150 Å². The Kier molecular flexibility index (Phi) is 4.14. The SMILES string of the molecule is C/C(F)=C1/CCC2C3C(O)[C@H](O)C4C[C@H](N)CC[C@]4(C)C3CC[C@]12C. The third-order valence-electron chi connectivity index (χ3n) is 8.99. The summed E-state index contributed by atoms with van der Waals surface area (Å²) >= 11 is 0. The van der Waals surface area contributed by atoms with Gasteiger partial charge in [0.05, 0.1) is 18.0 Å². The van der Waals surface area contributed by atoms with Crippen molar-refractivity contribution in [3.8, 4) is 0 Å². The molecule has 4 aliphatic carbocycles. The van der Waals surface area contributed by atoms with Crippen LogP contribution in [0.15, 0.2) is 11.4 Å². The Balaban J connectivity index is 1.73. The summed E-state index contributed by atoms with van der Waals surface area (Å²) in [5, 5.41) is 22.1. The van der Waals surface area contributed by atoms with Gasteiger partial charge in [0.15, 0.2) is 0 Å². The molecule has 0 radical (unpaired) electrons. The van der Waals surface area contributed by atoms with E-state index in [1.54, 1.807) is 6.92 Å². The minimum absolute atomic E-state index is 0.0259. The zero-order valence-corrected chi connectivity index (χ0v) is 15.8. The second-order valence-electron chi connectivity index (χ2n) is 9.93. The van der Waals surface area contributed by atoms with Crippen molar-refractivity contribution in [2.24, 2.45) is 40.2 Å². The Morgan fingerprint density at radius 2 is 1.76 bits per heavy atom. The molecule has 5 unspecified atom stereocenters. The van der Waals surface area contributed by atoms with Gasteiger partial charge in [-0.3, -0.25) is 0 Å². The van der Waals surface area contributed by atoms with Crippen LogP contribution in [0.3, 0.4) is 0 Å². The van der Waals surface area contributed by atoms with Crippen molar-refractivity contribution in [1.82, 2.24) is 0 Å². The number of allylic oxidation sites excluding steroid dienone is 2. The van der Waals surface area contributed by atoms with E-state index in [1.165, 1.54) is 0 Å². The van der Waals surface area contributed by atoms with Gasteiger partial charge in [-0.05, 0) is 91.9 Å². The molecule has 4 fully saturated rings. The van der Waals surface area contributed by atoms with Crippen LogP contribution in [0.25, 0.3) is 0 Å². The highest BCUT2D eigenvalue weighted by atomic mass is 19.1. The molecule has 0 amide bonds. The average molecular weight is 352 g/mol. The summed E-state index contributed by atoms with van der Waals surface area (Å²) in [4.78, 5) is 0. The molecule has 0 saturated heterocycles. The van der Waals surface area contributed by atoms with Crippen molar-refractivity contribution < 1.29 is 14.6 Å². The standard InChI is InChI=1S/C21H34FNO2/c1-11(22)13-4-5-14-17-15(7-9-20(13,14)2)21(3)8-6-12(23)10-16(21)18(24)19(17)25/h12,14-19,24-25H,4-10,23H2,1-3H3/b13-11+/t12-,14?,15?,16?,17?,18-,19?,20-,21-/m1/s1. The number of aliphatic hydroxyl groups excluding tert-OH is 2. The number of hydrogen-bond donors (Lipinski definition) is 3. The van der Waals surface area contributed by atoms with E-state index in [2.05, 4.69) is 13.8 Å². The third-order valence-corrected chi connectivity index (χ3v) is 8.99. The van der Waals surface area contributed by atoms with Crippen molar-refractivity contribution in [3.63, 3.8) is 0 Å². The van der Waals surface area contributed by atoms with Gasteiger partial charge in [0.25, 0.3) is 0 Å². The summed E-state index contributed by atoms with van der Waals surface area (Å²) in [5.41, 5.74) is 7.07. The zero-order valence-electron chi connectivity index (χ0n) is 15.8. The van der Waals surface area contributed by atoms with Crippen LogP contribution >= 0.6 is 0 Å². The summed E-state index contributed by atoms with van der Waals surface area (Å²) in [6.07, 6.45) is 5.26. The summed E-state index contributed by atoms with van der Waals surface area (Å²) in [5.74, 6) is 0.852. The van der Waals surface area contributed by atoms with Crippen LogP contribution in [-0.2, 0) is 0 Å². The van der Waals surface area contributed by atoms with E-state index in [9.17, 15) is 14.6 Å². The number of aliphatic hydroxyl groups is 2. The van der Waals surface area contributed by atoms with E-state index in [0.717, 1.165) is 50.5 Å². The monoisotopic (exact) mass is 351 g/mol. The van der Waals surface area contributed by atoms with Crippen LogP contribution < -0.4 is 5.73 Å². The van der Waals surface area contributed by atoms with Crippen LogP contribution in [0, 0.1) is 34.5 Å². The molecule has 0 aromatic rings. The number of rotatable bonds is 0. The predicted molar refractivity (Wildman–Crippen MR) is 96.3 cm³/mol. The van der Waals surface area contributed by atoms with E-state index >= 15 is 0 Å². The summed E-state index contributed by atoms with van der Waals surface area (Å²) < 4.78 is 14.2. The molecular weight excluding hydrogens is 317 g/mol. The Morgan fingerprint density at radius 1 is 1.04 bits per heavy atom. The van der Waals surface area contributed by atoms with Crippen molar-refractivity contribution in [3.05, 3.63) is 11.4 Å². The molecule has 4 saturated carbocycles. The molecule has 0 aromatic carbocycles. The maximum atomic E-state index is 14.2. The molecule has 4 rings (SSSR count). The molecule has 0 bridgehead atoms. The van der Waals surface area contributed by atoms with Crippen molar-refractivity contribution in [2.45, 2.75) is 84.0 Å². The average Bonchev–Trinajstić information content (AvgIpc) is 2.91. The first-order chi connectivity index (χ1) is 11.7. The van der Waals surface area contributed by atoms with Gasteiger partial charge >= 0.3 is 0 Å². The Bertz CT molecular complexity index is 588. The summed E-state index contributed by atoms with van der Waals surface area (Å²) in [7, 11) is 0. The minimum Gasteiger partial charge on any atom is -0.390 e. The van der Waals surface area contributed by atoms with Gasteiger partial charge in [-0.25, -0.2) is 4.39 Å². The lowest BCUT2D eigenvalue weighted by Gasteiger charge is -2.63. The molecule has 3 nitrogen and oxygen atoms in total. The lowest BCUT2D eigenvalue weighted by molar-refractivity contribution is -0.210. The summed E-state index contributed by atoms with van der Waals surface area (Å²) in [6.45, 7) is 6.11. The Hall–Kier alpha value is -0.450. The quantitative estimate of drug-likeness (QED) is 0.625. The number of fused-ring (bicyclic) bond motifs is 5. The first-order valence-corrected chi connectivity index (χ1v) is 10.2. The van der Waals surface area contributed by atoms with Gasteiger partial charge in [-0.2, -0.15) is 0 Å². The molecule has 4 heteroatoms. The van der Waals surface area contributed by atoms with Crippen molar-refractivity contribution in [2.75, 3.05) is 0 Å². The first-order valence-electron chi connectivity index (χ1n) is 10.2. The highest BCUT2D eigenvalue weighted by Gasteiger charge is 2.64. The van der Waals surface area contributed by atoms with Gasteiger partial charge in [-0.15, -0.1) is 0 Å². The fourth-order valence-corrected chi connectivity index (χ4v) is 7.67. The van der Waals surface area contributed by atoms with Gasteiger partial charge in [0.1, 0.15) is 0 Å². The molecule has 4 aliphatic rings. The van der Waals surface area contributed by atoms with Gasteiger partial charge in [0.2, 0.25) is 0 Å². The third kappa shape index (κ3) is 2.33. The van der Waals surface area contributed by atoms with Gasteiger partial charge in [-0.1, -0.05) is 13.8 Å². The van der Waals surface area contributed by atoms with E-state index in [0.29, 0.717) is 5.92 Å². The molecule has 0 heterocycles. The Morgan fingerprint density at radius 3 is 2.44 bits per heavy atom. The normalized spacial score (nSPS) is 57.5. The van der Waals surface area contributed by atoms with Crippen LogP contribution in [0.2, 0.25) is 0 Å². The number of hydrogen-bond acceptors (Lipinski definition) is 3. The first kappa shape index (κ1) is 17.9. The van der Waals surface area contributed by atoms with Crippen LogP contribution in [0.1, 0.15) is 65.7 Å². The van der Waals surface area contributed by atoms with Crippen LogP contribution in [-0.4, -0.2) is 28.5 Å². The maximum absolute atomic E-state index is 14.2. The van der Waals surface area contributed by atoms with Crippen LogP contribution in [0.4, 0.5) is 4.39 Å². The highest BCUT2D eigenvalue weighted by molar-refractivity contribution is 5.27. The molecule has 0 spiro atoms. The largest absolute Gasteiger partial charge is 0.390 e. The van der Waals surface area contributed by atoms with Crippen LogP contribution in [0.5, 0.6) is 0 Å². The highest BCUT2D eigenvalue weighted by Crippen LogP contribution is 2.67. The maximum Gasteiger partial charge on any atom is 0.0966 e. The minimum atomic E-state index is -0.697. The lowest BCUT2D eigenvalue weighted by Crippen LogP contribution is -2.64. The van der Waals surface area contributed by atoms with E-state index in [-0.39, 0.29) is 40.5 Å². The number of nitrogens with two attached hydrogens (primary N) is 1. The zero-order chi connectivity index (χ0) is 18.1. The summed E-state index contributed by atoms with van der Waals surface area (Å²) in [6, 6.07) is 0.139. The number of halogens is 1. The lowest BCUT2D eigenvalue weighted by atomic mass is 9.43. The van der Waals surface area contributed by atoms with E-state index in [1.807, 2.05) is 0 Å². The smallest absolute Gasteiger partial charge is 0.0966 e. The van der Waals surface area contributed by atoms with Crippen molar-refractivity contribution in [1.29, 1.82) is 0 Å². The fraction of sp³-hybridized carbons (Fsp3) is 0.905. The second-order valence-corrected chi connectivity index (χ2v) is 9.93. The van der Waals surface area contributed by atoms with E-state index in [4.69, 9.17) is 5.73 Å². The molecule has 25 heavy (non-hydrogen) atoms. The molecule has 4 N–H and O–H groups in total. The van der Waals surface area contributed by atoms with E-state index < -0.39 is 12.2 Å².